The van der Waals surface area contributed by atoms with Gasteiger partial charge in [-0.2, -0.15) is 0 Å². The summed E-state index contributed by atoms with van der Waals surface area (Å²) >= 11 is 0. The van der Waals surface area contributed by atoms with Gasteiger partial charge in [-0.1, -0.05) is 49.7 Å². The Morgan fingerprint density at radius 3 is 2.38 bits per heavy atom. The number of esters is 1. The molecule has 0 aliphatic rings. The maximum Gasteiger partial charge on any atom is 0.338 e. The van der Waals surface area contributed by atoms with Crippen molar-refractivity contribution in [3.05, 3.63) is 65.7 Å². The maximum atomic E-state index is 11.9. The topological polar surface area (TPSA) is 35.5 Å². The smallest absolute Gasteiger partial charge is 0.338 e. The standard InChI is InChI=1S/C18H20O3/c1-3-9-17(21-14-10-5-4-6-11-14)15-12-7-8-13-16(15)18(19)20-2/h4-8,10-13,17H,3,9H2,1-2H3. The van der Waals surface area contributed by atoms with Crippen LogP contribution in [0.4, 0.5) is 0 Å². The number of rotatable bonds is 6. The molecule has 0 fully saturated rings. The van der Waals surface area contributed by atoms with Crippen LogP contribution in [-0.4, -0.2) is 13.1 Å². The summed E-state index contributed by atoms with van der Waals surface area (Å²) < 4.78 is 10.9. The summed E-state index contributed by atoms with van der Waals surface area (Å²) in [4.78, 5) is 11.9. The second-order valence-electron chi connectivity index (χ2n) is 4.79. The van der Waals surface area contributed by atoms with E-state index in [0.717, 1.165) is 24.2 Å². The molecule has 0 aromatic heterocycles. The van der Waals surface area contributed by atoms with Crippen LogP contribution in [0.15, 0.2) is 54.6 Å². The van der Waals surface area contributed by atoms with Gasteiger partial charge in [-0.15, -0.1) is 0 Å². The molecule has 0 saturated heterocycles. The fourth-order valence-electron chi connectivity index (χ4n) is 2.28. The highest BCUT2D eigenvalue weighted by Gasteiger charge is 2.20. The lowest BCUT2D eigenvalue weighted by molar-refractivity contribution is 0.0594. The zero-order valence-corrected chi connectivity index (χ0v) is 12.4. The predicted molar refractivity (Wildman–Crippen MR) is 82.5 cm³/mol. The molecule has 3 heteroatoms. The Morgan fingerprint density at radius 1 is 1.05 bits per heavy atom. The van der Waals surface area contributed by atoms with Crippen LogP contribution in [0.1, 0.15) is 41.8 Å². The van der Waals surface area contributed by atoms with Crippen LogP contribution in [0.5, 0.6) is 5.75 Å². The highest BCUT2D eigenvalue weighted by Crippen LogP contribution is 2.28. The van der Waals surface area contributed by atoms with E-state index in [4.69, 9.17) is 9.47 Å². The van der Waals surface area contributed by atoms with E-state index in [0.29, 0.717) is 5.56 Å². The van der Waals surface area contributed by atoms with Crippen molar-refractivity contribution in [2.75, 3.05) is 7.11 Å². The van der Waals surface area contributed by atoms with Gasteiger partial charge in [0.25, 0.3) is 0 Å². The van der Waals surface area contributed by atoms with Crippen molar-refractivity contribution in [2.45, 2.75) is 25.9 Å². The van der Waals surface area contributed by atoms with Crippen LogP contribution in [0.25, 0.3) is 0 Å². The van der Waals surface area contributed by atoms with Gasteiger partial charge >= 0.3 is 5.97 Å². The monoisotopic (exact) mass is 284 g/mol. The molecule has 2 aromatic rings. The van der Waals surface area contributed by atoms with Gasteiger partial charge in [0.2, 0.25) is 0 Å². The lowest BCUT2D eigenvalue weighted by Crippen LogP contribution is -2.13. The van der Waals surface area contributed by atoms with E-state index >= 15 is 0 Å². The molecule has 0 aliphatic carbocycles. The number of para-hydroxylation sites is 1. The number of methoxy groups -OCH3 is 1. The summed E-state index contributed by atoms with van der Waals surface area (Å²) in [6.07, 6.45) is 1.64. The average molecular weight is 284 g/mol. The number of benzene rings is 2. The van der Waals surface area contributed by atoms with Crippen LogP contribution >= 0.6 is 0 Å². The fourth-order valence-corrected chi connectivity index (χ4v) is 2.28. The predicted octanol–water partition coefficient (Wildman–Crippen LogP) is 4.39. The second kappa shape index (κ2) is 7.48. The molecule has 2 aromatic carbocycles. The van der Waals surface area contributed by atoms with Gasteiger partial charge in [0.15, 0.2) is 0 Å². The molecule has 1 unspecified atom stereocenters. The van der Waals surface area contributed by atoms with E-state index in [-0.39, 0.29) is 12.1 Å². The van der Waals surface area contributed by atoms with Crippen molar-refractivity contribution in [3.63, 3.8) is 0 Å². The van der Waals surface area contributed by atoms with E-state index in [1.54, 1.807) is 6.07 Å². The Hall–Kier alpha value is -2.29. The van der Waals surface area contributed by atoms with Gasteiger partial charge in [0.1, 0.15) is 11.9 Å². The lowest BCUT2D eigenvalue weighted by atomic mass is 9.99. The number of ether oxygens (including phenoxy) is 2. The molecule has 0 saturated carbocycles. The van der Waals surface area contributed by atoms with Gasteiger partial charge in [-0.3, -0.25) is 0 Å². The summed E-state index contributed by atoms with van der Waals surface area (Å²) in [6.45, 7) is 2.10. The van der Waals surface area contributed by atoms with E-state index < -0.39 is 0 Å². The van der Waals surface area contributed by atoms with Crippen LogP contribution < -0.4 is 4.74 Å². The summed E-state index contributed by atoms with van der Waals surface area (Å²) in [5.41, 5.74) is 1.43. The third-order valence-electron chi connectivity index (χ3n) is 3.29. The third kappa shape index (κ3) is 3.85. The highest BCUT2D eigenvalue weighted by atomic mass is 16.5. The highest BCUT2D eigenvalue weighted by molar-refractivity contribution is 5.91. The molecule has 1 atom stereocenters. The van der Waals surface area contributed by atoms with E-state index in [9.17, 15) is 4.79 Å². The molecular weight excluding hydrogens is 264 g/mol. The molecule has 0 spiro atoms. The van der Waals surface area contributed by atoms with Crippen molar-refractivity contribution >= 4 is 5.97 Å². The molecular formula is C18H20O3. The van der Waals surface area contributed by atoms with Crippen molar-refractivity contribution in [1.29, 1.82) is 0 Å². The fraction of sp³-hybridized carbons (Fsp3) is 0.278. The first kappa shape index (κ1) is 15.1. The van der Waals surface area contributed by atoms with Gasteiger partial charge in [0.05, 0.1) is 12.7 Å². The van der Waals surface area contributed by atoms with Crippen molar-refractivity contribution in [2.24, 2.45) is 0 Å². The van der Waals surface area contributed by atoms with E-state index in [1.165, 1.54) is 7.11 Å². The summed E-state index contributed by atoms with van der Waals surface area (Å²) in [5, 5.41) is 0. The lowest BCUT2D eigenvalue weighted by Gasteiger charge is -2.21. The summed E-state index contributed by atoms with van der Waals surface area (Å²) in [5.74, 6) is 0.471. The minimum atomic E-state index is -0.330. The van der Waals surface area contributed by atoms with Crippen molar-refractivity contribution in [1.82, 2.24) is 0 Å². The molecule has 0 heterocycles. The average Bonchev–Trinajstić information content (AvgIpc) is 2.55. The summed E-state index contributed by atoms with van der Waals surface area (Å²) in [7, 11) is 1.39. The quantitative estimate of drug-likeness (QED) is 0.738. The molecule has 3 nitrogen and oxygen atoms in total. The Morgan fingerprint density at radius 2 is 1.71 bits per heavy atom. The van der Waals surface area contributed by atoms with Crippen molar-refractivity contribution in [3.8, 4) is 5.75 Å². The van der Waals surface area contributed by atoms with Crippen molar-refractivity contribution < 1.29 is 14.3 Å². The Bertz CT molecular complexity index is 578. The van der Waals surface area contributed by atoms with Gasteiger partial charge in [0, 0.05) is 5.56 Å². The Labute approximate surface area is 125 Å². The van der Waals surface area contributed by atoms with Crippen LogP contribution in [0.2, 0.25) is 0 Å². The number of carbonyl (C=O) groups excluding carboxylic acids is 1. The largest absolute Gasteiger partial charge is 0.486 e. The molecule has 0 N–H and O–H groups in total. The minimum absolute atomic E-state index is 0.160. The van der Waals surface area contributed by atoms with Gasteiger partial charge < -0.3 is 9.47 Å². The van der Waals surface area contributed by atoms with Crippen LogP contribution in [-0.2, 0) is 4.74 Å². The molecule has 0 bridgehead atoms. The number of hydrogen-bond donors (Lipinski definition) is 0. The SMILES string of the molecule is CCCC(Oc1ccccc1)c1ccccc1C(=O)OC. The first-order chi connectivity index (χ1) is 10.3. The molecule has 0 aliphatic heterocycles. The molecule has 0 radical (unpaired) electrons. The maximum absolute atomic E-state index is 11.9. The van der Waals surface area contributed by atoms with Crippen LogP contribution in [0, 0.1) is 0 Å². The first-order valence-electron chi connectivity index (χ1n) is 7.15. The first-order valence-corrected chi connectivity index (χ1v) is 7.15. The van der Waals surface area contributed by atoms with Gasteiger partial charge in [-0.05, 0) is 24.6 Å². The van der Waals surface area contributed by atoms with Gasteiger partial charge in [-0.25, -0.2) is 4.79 Å². The normalized spacial score (nSPS) is 11.7. The molecule has 110 valence electrons. The zero-order chi connectivity index (χ0) is 15.1. The Kier molecular flexibility index (Phi) is 5.38. The third-order valence-corrected chi connectivity index (χ3v) is 3.29. The van der Waals surface area contributed by atoms with Crippen LogP contribution in [0.3, 0.4) is 0 Å². The molecule has 2 rings (SSSR count). The summed E-state index contributed by atoms with van der Waals surface area (Å²) in [6, 6.07) is 17.1. The minimum Gasteiger partial charge on any atom is -0.486 e. The Balaban J connectivity index is 2.32. The molecule has 0 amide bonds. The van der Waals surface area contributed by atoms with E-state index in [2.05, 4.69) is 6.92 Å². The number of carbonyl (C=O) groups is 1. The second-order valence-corrected chi connectivity index (χ2v) is 4.79. The number of hydrogen-bond acceptors (Lipinski definition) is 3. The zero-order valence-electron chi connectivity index (χ0n) is 12.4. The van der Waals surface area contributed by atoms with E-state index in [1.807, 2.05) is 48.5 Å². The molecule has 21 heavy (non-hydrogen) atoms.